The van der Waals surface area contributed by atoms with Gasteiger partial charge in [0.2, 0.25) is 0 Å². The quantitative estimate of drug-likeness (QED) is 0.579. The van der Waals surface area contributed by atoms with E-state index in [1.165, 1.54) is 6.33 Å². The summed E-state index contributed by atoms with van der Waals surface area (Å²) in [7, 11) is 1.59. The molecular formula is C23H29N3O3. The first-order valence-electron chi connectivity index (χ1n) is 8.86. The number of benzene rings is 2. The zero-order chi connectivity index (χ0) is 20.7. The number of hydrogen-bond donors (Lipinski definition) is 1. The molecule has 3 aromatic rings. The molecule has 0 aliphatic carbocycles. The molecule has 1 atom stereocenters. The number of aromatic nitrogens is 3. The molecule has 154 valence electrons. The number of ether oxygens (including phenoxy) is 1. The van der Waals surface area contributed by atoms with Crippen molar-refractivity contribution in [2.45, 2.75) is 34.3 Å². The summed E-state index contributed by atoms with van der Waals surface area (Å²) in [4.78, 5) is 15.8. The summed E-state index contributed by atoms with van der Waals surface area (Å²) in [6, 6.07) is 13.1. The summed E-state index contributed by atoms with van der Waals surface area (Å²) in [6.07, 6.45) is 2.92. The van der Waals surface area contributed by atoms with Crippen LogP contribution in [0.4, 0.5) is 0 Å². The standard InChI is InChI=1S/C19H19N3O3.C3H6.CH4/c1-12-4-6-14(7-5-12)15-8-16(19(23)24)10-17(9-15)22-18(13(2)25-3)20-11-21-22;1-3-2;/h4-11,13H,1-3H3,(H,23,24);3H,1H2,2H3;1H4. The Morgan fingerprint density at radius 3 is 2.38 bits per heavy atom. The van der Waals surface area contributed by atoms with Gasteiger partial charge in [0.1, 0.15) is 12.4 Å². The third-order valence-electron chi connectivity index (χ3n) is 4.09. The predicted molar refractivity (Wildman–Crippen MR) is 117 cm³/mol. The Bertz CT molecular complexity index is 946. The maximum absolute atomic E-state index is 11.6. The molecule has 0 aliphatic rings. The number of allylic oxidation sites excluding steroid dienone is 1. The monoisotopic (exact) mass is 395 g/mol. The highest BCUT2D eigenvalue weighted by molar-refractivity contribution is 5.90. The van der Waals surface area contributed by atoms with E-state index in [1.54, 1.807) is 30.0 Å². The third kappa shape index (κ3) is 5.86. The SMILES string of the molecule is C.C=CC.COC(C)c1ncnn1-c1cc(C(=O)O)cc(-c2ccc(C)cc2)c1. The lowest BCUT2D eigenvalue weighted by Crippen LogP contribution is -2.09. The number of carbonyl (C=O) groups is 1. The summed E-state index contributed by atoms with van der Waals surface area (Å²) < 4.78 is 6.93. The Morgan fingerprint density at radius 2 is 1.83 bits per heavy atom. The smallest absolute Gasteiger partial charge is 0.335 e. The van der Waals surface area contributed by atoms with Gasteiger partial charge >= 0.3 is 5.97 Å². The van der Waals surface area contributed by atoms with E-state index in [0.717, 1.165) is 16.7 Å². The van der Waals surface area contributed by atoms with Crippen molar-refractivity contribution < 1.29 is 14.6 Å². The first kappa shape index (κ1) is 23.8. The van der Waals surface area contributed by atoms with E-state index in [9.17, 15) is 9.90 Å². The first-order valence-corrected chi connectivity index (χ1v) is 8.86. The second-order valence-electron chi connectivity index (χ2n) is 6.26. The third-order valence-corrected chi connectivity index (χ3v) is 4.09. The Labute approximate surface area is 172 Å². The predicted octanol–water partition coefficient (Wildman–Crippen LogP) is 5.48. The molecule has 0 radical (unpaired) electrons. The van der Waals surface area contributed by atoms with Crippen molar-refractivity contribution in [3.8, 4) is 16.8 Å². The van der Waals surface area contributed by atoms with Crippen molar-refractivity contribution in [2.75, 3.05) is 7.11 Å². The van der Waals surface area contributed by atoms with E-state index in [4.69, 9.17) is 4.74 Å². The molecule has 29 heavy (non-hydrogen) atoms. The molecule has 0 fully saturated rings. The van der Waals surface area contributed by atoms with Crippen LogP contribution < -0.4 is 0 Å². The molecule has 0 aliphatic heterocycles. The lowest BCUT2D eigenvalue weighted by Gasteiger charge is -2.13. The zero-order valence-electron chi connectivity index (χ0n) is 16.6. The molecule has 0 saturated heterocycles. The lowest BCUT2D eigenvalue weighted by molar-refractivity contribution is 0.0697. The summed E-state index contributed by atoms with van der Waals surface area (Å²) in [5, 5.41) is 13.7. The van der Waals surface area contributed by atoms with Gasteiger partial charge in [0, 0.05) is 7.11 Å². The maximum Gasteiger partial charge on any atom is 0.335 e. The Balaban J connectivity index is 0.000000990. The van der Waals surface area contributed by atoms with Crippen LogP contribution in [0.3, 0.4) is 0 Å². The van der Waals surface area contributed by atoms with Crippen LogP contribution in [0.2, 0.25) is 0 Å². The Morgan fingerprint density at radius 1 is 1.21 bits per heavy atom. The fraction of sp³-hybridized carbons (Fsp3) is 0.261. The minimum absolute atomic E-state index is 0. The largest absolute Gasteiger partial charge is 0.478 e. The molecule has 0 bridgehead atoms. The van der Waals surface area contributed by atoms with E-state index >= 15 is 0 Å². The van der Waals surface area contributed by atoms with Crippen LogP contribution in [0.5, 0.6) is 0 Å². The molecule has 0 saturated carbocycles. The number of aryl methyl sites for hydroxylation is 1. The maximum atomic E-state index is 11.6. The highest BCUT2D eigenvalue weighted by Gasteiger charge is 2.16. The Kier molecular flexibility index (Phi) is 8.96. The van der Waals surface area contributed by atoms with Gasteiger partial charge in [0.25, 0.3) is 0 Å². The van der Waals surface area contributed by atoms with Crippen molar-refractivity contribution in [2.24, 2.45) is 0 Å². The van der Waals surface area contributed by atoms with Crippen molar-refractivity contribution in [3.63, 3.8) is 0 Å². The molecule has 6 nitrogen and oxygen atoms in total. The van der Waals surface area contributed by atoms with Crippen LogP contribution in [0.1, 0.15) is 49.1 Å². The molecule has 1 N–H and O–H groups in total. The molecule has 0 spiro atoms. The molecule has 6 heteroatoms. The topological polar surface area (TPSA) is 77.2 Å². The van der Waals surface area contributed by atoms with E-state index in [-0.39, 0.29) is 19.1 Å². The fourth-order valence-electron chi connectivity index (χ4n) is 2.60. The van der Waals surface area contributed by atoms with Gasteiger partial charge in [-0.3, -0.25) is 0 Å². The van der Waals surface area contributed by atoms with Gasteiger partial charge in [-0.15, -0.1) is 6.58 Å². The van der Waals surface area contributed by atoms with Crippen molar-refractivity contribution >= 4 is 5.97 Å². The van der Waals surface area contributed by atoms with Gasteiger partial charge in [0.05, 0.1) is 11.3 Å². The highest BCUT2D eigenvalue weighted by atomic mass is 16.5. The number of carboxylic acid groups (broad SMARTS) is 1. The molecule has 2 aromatic carbocycles. The highest BCUT2D eigenvalue weighted by Crippen LogP contribution is 2.26. The fourth-order valence-corrected chi connectivity index (χ4v) is 2.60. The van der Waals surface area contributed by atoms with Gasteiger partial charge in [-0.1, -0.05) is 43.3 Å². The minimum Gasteiger partial charge on any atom is -0.478 e. The van der Waals surface area contributed by atoms with Crippen LogP contribution in [-0.4, -0.2) is 33.0 Å². The number of carboxylic acids is 1. The average molecular weight is 396 g/mol. The van der Waals surface area contributed by atoms with Gasteiger partial charge in [0.15, 0.2) is 5.82 Å². The van der Waals surface area contributed by atoms with E-state index < -0.39 is 5.97 Å². The van der Waals surface area contributed by atoms with E-state index in [2.05, 4.69) is 16.7 Å². The van der Waals surface area contributed by atoms with Gasteiger partial charge in [-0.2, -0.15) is 5.10 Å². The summed E-state index contributed by atoms with van der Waals surface area (Å²) in [5.41, 5.74) is 3.72. The summed E-state index contributed by atoms with van der Waals surface area (Å²) >= 11 is 0. The lowest BCUT2D eigenvalue weighted by atomic mass is 10.0. The number of rotatable bonds is 5. The van der Waals surface area contributed by atoms with Crippen LogP contribution in [0, 0.1) is 6.92 Å². The van der Waals surface area contributed by atoms with Gasteiger partial charge in [-0.05, 0) is 50.1 Å². The summed E-state index contributed by atoms with van der Waals surface area (Å²) in [6.45, 7) is 9.12. The summed E-state index contributed by atoms with van der Waals surface area (Å²) in [5.74, 6) is -0.378. The van der Waals surface area contributed by atoms with Crippen LogP contribution >= 0.6 is 0 Å². The normalized spacial score (nSPS) is 10.9. The molecule has 3 rings (SSSR count). The Hall–Kier alpha value is -3.25. The molecule has 1 heterocycles. The van der Waals surface area contributed by atoms with Gasteiger partial charge < -0.3 is 9.84 Å². The van der Waals surface area contributed by atoms with E-state index in [1.807, 2.05) is 51.1 Å². The molecule has 1 aromatic heterocycles. The number of aromatic carboxylic acids is 1. The average Bonchev–Trinajstić information content (AvgIpc) is 3.18. The second-order valence-corrected chi connectivity index (χ2v) is 6.26. The van der Waals surface area contributed by atoms with Crippen LogP contribution in [-0.2, 0) is 4.74 Å². The van der Waals surface area contributed by atoms with Gasteiger partial charge in [-0.25, -0.2) is 14.5 Å². The molecule has 1 unspecified atom stereocenters. The minimum atomic E-state index is -0.989. The zero-order valence-corrected chi connectivity index (χ0v) is 16.6. The second kappa shape index (κ2) is 10.9. The number of methoxy groups -OCH3 is 1. The van der Waals surface area contributed by atoms with Crippen molar-refractivity contribution in [1.82, 2.24) is 14.8 Å². The van der Waals surface area contributed by atoms with Crippen LogP contribution in [0.25, 0.3) is 16.8 Å². The van der Waals surface area contributed by atoms with Crippen LogP contribution in [0.15, 0.2) is 61.4 Å². The van der Waals surface area contributed by atoms with Crippen molar-refractivity contribution in [3.05, 3.63) is 78.4 Å². The number of hydrogen-bond acceptors (Lipinski definition) is 4. The van der Waals surface area contributed by atoms with E-state index in [0.29, 0.717) is 11.5 Å². The molecular weight excluding hydrogens is 366 g/mol. The number of nitrogens with zero attached hydrogens (tertiary/aromatic N) is 3. The molecule has 0 amide bonds. The van der Waals surface area contributed by atoms with Crippen molar-refractivity contribution in [1.29, 1.82) is 0 Å². The first-order chi connectivity index (χ1) is 13.4.